The van der Waals surface area contributed by atoms with Gasteiger partial charge in [-0.15, -0.1) is 0 Å². The van der Waals surface area contributed by atoms with Crippen molar-refractivity contribution in [2.45, 2.75) is 25.6 Å². The van der Waals surface area contributed by atoms with Crippen molar-refractivity contribution in [2.24, 2.45) is 5.73 Å². The van der Waals surface area contributed by atoms with E-state index in [1.54, 1.807) is 12.1 Å². The summed E-state index contributed by atoms with van der Waals surface area (Å²) in [7, 11) is 0. The van der Waals surface area contributed by atoms with Crippen molar-refractivity contribution in [1.29, 1.82) is 0 Å². The monoisotopic (exact) mass is 297 g/mol. The Morgan fingerprint density at radius 3 is 2.59 bits per heavy atom. The van der Waals surface area contributed by atoms with Crippen molar-refractivity contribution in [1.82, 2.24) is 0 Å². The molecule has 114 valence electrons. The number of rotatable bonds is 4. The zero-order valence-corrected chi connectivity index (χ0v) is 12.3. The maximum atomic E-state index is 11.2. The molecule has 1 aliphatic heterocycles. The molecule has 1 fully saturated rings. The highest BCUT2D eigenvalue weighted by atomic mass is 16.7. The zero-order valence-electron chi connectivity index (χ0n) is 12.3. The molecule has 0 radical (unpaired) electrons. The van der Waals surface area contributed by atoms with Gasteiger partial charge in [0, 0.05) is 12.0 Å². The second-order valence-electron chi connectivity index (χ2n) is 5.38. The molecule has 1 unspecified atom stereocenters. The van der Waals surface area contributed by atoms with Gasteiger partial charge < -0.3 is 15.2 Å². The third-order valence-electron chi connectivity index (χ3n) is 3.74. The molecule has 4 nitrogen and oxygen atoms in total. The number of primary amides is 1. The van der Waals surface area contributed by atoms with Crippen molar-refractivity contribution in [2.75, 3.05) is 6.61 Å². The van der Waals surface area contributed by atoms with Crippen LogP contribution in [0.2, 0.25) is 0 Å². The molecule has 1 heterocycles. The van der Waals surface area contributed by atoms with Gasteiger partial charge in [0.1, 0.15) is 5.75 Å². The van der Waals surface area contributed by atoms with Crippen LogP contribution in [-0.2, 0) is 4.74 Å². The Balaban J connectivity index is 1.73. The standard InChI is InChI=1S/C18H19NO3/c19-18(20)15-5-3-4-14(12-15)13-7-9-16(10-8-13)22-17-6-1-2-11-21-17/h3-5,7-10,12,17H,1-2,6,11H2,(H2,19,20). The van der Waals surface area contributed by atoms with E-state index >= 15 is 0 Å². The summed E-state index contributed by atoms with van der Waals surface area (Å²) < 4.78 is 11.4. The van der Waals surface area contributed by atoms with Crippen LogP contribution in [0.25, 0.3) is 11.1 Å². The minimum atomic E-state index is -0.420. The molecule has 0 aliphatic carbocycles. The predicted molar refractivity (Wildman–Crippen MR) is 84.6 cm³/mol. The lowest BCUT2D eigenvalue weighted by Crippen LogP contribution is -2.24. The minimum absolute atomic E-state index is 0.141. The van der Waals surface area contributed by atoms with E-state index in [9.17, 15) is 4.79 Å². The van der Waals surface area contributed by atoms with Gasteiger partial charge >= 0.3 is 0 Å². The number of carbonyl (C=O) groups is 1. The van der Waals surface area contributed by atoms with E-state index in [1.807, 2.05) is 36.4 Å². The fourth-order valence-corrected chi connectivity index (χ4v) is 2.53. The topological polar surface area (TPSA) is 61.6 Å². The van der Waals surface area contributed by atoms with Crippen LogP contribution in [0.15, 0.2) is 48.5 Å². The van der Waals surface area contributed by atoms with Gasteiger partial charge in [-0.25, -0.2) is 0 Å². The average Bonchev–Trinajstić information content (AvgIpc) is 2.56. The Morgan fingerprint density at radius 1 is 1.09 bits per heavy atom. The second-order valence-corrected chi connectivity index (χ2v) is 5.38. The smallest absolute Gasteiger partial charge is 0.248 e. The molecular formula is C18H19NO3. The van der Waals surface area contributed by atoms with Gasteiger partial charge in [-0.2, -0.15) is 0 Å². The molecule has 0 aromatic heterocycles. The molecule has 4 heteroatoms. The van der Waals surface area contributed by atoms with Crippen LogP contribution in [-0.4, -0.2) is 18.8 Å². The molecule has 0 bridgehead atoms. The molecule has 2 aromatic rings. The Morgan fingerprint density at radius 2 is 1.91 bits per heavy atom. The average molecular weight is 297 g/mol. The van der Waals surface area contributed by atoms with Crippen LogP contribution in [0.4, 0.5) is 0 Å². The molecule has 1 aliphatic rings. The van der Waals surface area contributed by atoms with Gasteiger partial charge in [0.05, 0.1) is 6.61 Å². The molecule has 0 spiro atoms. The largest absolute Gasteiger partial charge is 0.465 e. The van der Waals surface area contributed by atoms with Crippen molar-refractivity contribution in [3.8, 4) is 16.9 Å². The normalized spacial score (nSPS) is 17.9. The molecule has 22 heavy (non-hydrogen) atoms. The van der Waals surface area contributed by atoms with E-state index in [-0.39, 0.29) is 6.29 Å². The maximum Gasteiger partial charge on any atom is 0.248 e. The Labute approximate surface area is 129 Å². The summed E-state index contributed by atoms with van der Waals surface area (Å²) in [6.45, 7) is 0.767. The summed E-state index contributed by atoms with van der Waals surface area (Å²) >= 11 is 0. The van der Waals surface area contributed by atoms with Crippen LogP contribution < -0.4 is 10.5 Å². The van der Waals surface area contributed by atoms with Gasteiger partial charge in [-0.1, -0.05) is 24.3 Å². The fourth-order valence-electron chi connectivity index (χ4n) is 2.53. The molecule has 1 atom stereocenters. The number of benzene rings is 2. The molecule has 2 aromatic carbocycles. The van der Waals surface area contributed by atoms with E-state index < -0.39 is 5.91 Å². The first-order valence-electron chi connectivity index (χ1n) is 7.51. The summed E-state index contributed by atoms with van der Waals surface area (Å²) in [6.07, 6.45) is 3.04. The van der Waals surface area contributed by atoms with Crippen molar-refractivity contribution < 1.29 is 14.3 Å². The fraction of sp³-hybridized carbons (Fsp3) is 0.278. The highest BCUT2D eigenvalue weighted by Gasteiger charge is 2.15. The van der Waals surface area contributed by atoms with Crippen LogP contribution >= 0.6 is 0 Å². The maximum absolute atomic E-state index is 11.2. The number of nitrogens with two attached hydrogens (primary N) is 1. The van der Waals surface area contributed by atoms with Gasteiger partial charge in [0.2, 0.25) is 5.91 Å². The number of hydrogen-bond acceptors (Lipinski definition) is 3. The number of hydrogen-bond donors (Lipinski definition) is 1. The molecule has 1 saturated heterocycles. The first-order chi connectivity index (χ1) is 10.7. The third-order valence-corrected chi connectivity index (χ3v) is 3.74. The molecule has 1 amide bonds. The van der Waals surface area contributed by atoms with Crippen LogP contribution in [0.3, 0.4) is 0 Å². The Hall–Kier alpha value is -2.33. The van der Waals surface area contributed by atoms with Crippen molar-refractivity contribution in [3.05, 3.63) is 54.1 Å². The SMILES string of the molecule is NC(=O)c1cccc(-c2ccc(OC3CCCCO3)cc2)c1. The zero-order chi connectivity index (χ0) is 15.4. The quantitative estimate of drug-likeness (QED) is 0.941. The van der Waals surface area contributed by atoms with Gasteiger partial charge in [0.15, 0.2) is 6.29 Å². The van der Waals surface area contributed by atoms with Gasteiger partial charge in [0.25, 0.3) is 0 Å². The summed E-state index contributed by atoms with van der Waals surface area (Å²) in [5.74, 6) is 0.373. The summed E-state index contributed by atoms with van der Waals surface area (Å²) in [6, 6.07) is 15.1. The van der Waals surface area contributed by atoms with Crippen LogP contribution in [0.1, 0.15) is 29.6 Å². The highest BCUT2D eigenvalue weighted by molar-refractivity contribution is 5.94. The second kappa shape index (κ2) is 6.62. The van der Waals surface area contributed by atoms with Crippen LogP contribution in [0.5, 0.6) is 5.75 Å². The van der Waals surface area contributed by atoms with Crippen LogP contribution in [0, 0.1) is 0 Å². The highest BCUT2D eigenvalue weighted by Crippen LogP contribution is 2.25. The Bertz CT molecular complexity index is 646. The third kappa shape index (κ3) is 3.46. The lowest BCUT2D eigenvalue weighted by molar-refractivity contribution is -0.105. The number of amides is 1. The lowest BCUT2D eigenvalue weighted by atomic mass is 10.0. The van der Waals surface area contributed by atoms with E-state index in [2.05, 4.69) is 0 Å². The summed E-state index contributed by atoms with van der Waals surface area (Å²) in [5, 5.41) is 0. The molecular weight excluding hydrogens is 278 g/mol. The van der Waals surface area contributed by atoms with E-state index in [0.717, 1.165) is 42.7 Å². The number of ether oxygens (including phenoxy) is 2. The van der Waals surface area contributed by atoms with Gasteiger partial charge in [-0.05, 0) is 48.2 Å². The van der Waals surface area contributed by atoms with E-state index in [1.165, 1.54) is 0 Å². The van der Waals surface area contributed by atoms with Gasteiger partial charge in [-0.3, -0.25) is 4.79 Å². The van der Waals surface area contributed by atoms with Crippen molar-refractivity contribution in [3.63, 3.8) is 0 Å². The summed E-state index contributed by atoms with van der Waals surface area (Å²) in [4.78, 5) is 11.2. The lowest BCUT2D eigenvalue weighted by Gasteiger charge is -2.23. The molecule has 2 N–H and O–H groups in total. The Kier molecular flexibility index (Phi) is 4.39. The molecule has 3 rings (SSSR count). The predicted octanol–water partition coefficient (Wildman–Crippen LogP) is 3.36. The first kappa shape index (κ1) is 14.6. The first-order valence-corrected chi connectivity index (χ1v) is 7.51. The molecule has 0 saturated carbocycles. The number of carbonyl (C=O) groups excluding carboxylic acids is 1. The van der Waals surface area contributed by atoms with Crippen molar-refractivity contribution >= 4 is 5.91 Å². The van der Waals surface area contributed by atoms with E-state index in [0.29, 0.717) is 5.56 Å². The summed E-state index contributed by atoms with van der Waals surface area (Å²) in [5.41, 5.74) is 7.79. The van der Waals surface area contributed by atoms with E-state index in [4.69, 9.17) is 15.2 Å². The minimum Gasteiger partial charge on any atom is -0.465 e.